The summed E-state index contributed by atoms with van der Waals surface area (Å²) in [7, 11) is -4.27. The first-order chi connectivity index (χ1) is 11.5. The van der Waals surface area contributed by atoms with Crippen molar-refractivity contribution in [2.24, 2.45) is 0 Å². The summed E-state index contributed by atoms with van der Waals surface area (Å²) in [6.07, 6.45) is 16.5. The van der Waals surface area contributed by atoms with Crippen molar-refractivity contribution in [3.05, 3.63) is 0 Å². The van der Waals surface area contributed by atoms with Crippen molar-refractivity contribution in [3.8, 4) is 0 Å². The maximum atomic E-state index is 10.3. The van der Waals surface area contributed by atoms with Gasteiger partial charge in [-0.1, -0.05) is 84.0 Å². The first kappa shape index (κ1) is 23.8. The topological polar surface area (TPSA) is 83.8 Å². The molecule has 146 valence electrons. The highest BCUT2D eigenvalue weighted by Crippen LogP contribution is 2.14. The van der Waals surface area contributed by atoms with Gasteiger partial charge in [-0.15, -0.1) is 0 Å². The minimum atomic E-state index is -4.27. The molecule has 0 fully saturated rings. The highest BCUT2D eigenvalue weighted by molar-refractivity contribution is 7.80. The Morgan fingerprint density at radius 3 is 1.62 bits per heavy atom. The summed E-state index contributed by atoms with van der Waals surface area (Å²) in [4.78, 5) is 0. The van der Waals surface area contributed by atoms with Gasteiger partial charge in [0.2, 0.25) is 0 Å². The predicted molar refractivity (Wildman–Crippen MR) is 98.4 cm³/mol. The van der Waals surface area contributed by atoms with Gasteiger partial charge in [-0.05, 0) is 19.3 Å². The number of unbranched alkanes of at least 4 members (excludes halogenated alkanes) is 11. The molecule has 0 radical (unpaired) electrons. The highest BCUT2D eigenvalue weighted by atomic mass is 32.3. The molecule has 6 heteroatoms. The van der Waals surface area contributed by atoms with Gasteiger partial charge >= 0.3 is 10.4 Å². The molecule has 1 unspecified atom stereocenters. The Kier molecular flexibility index (Phi) is 16.2. The Bertz CT molecular complexity index is 356. The first-order valence-electron chi connectivity index (χ1n) is 9.75. The SMILES string of the molecule is CCCCCCC(O)CCCCCCCCCCCOS(=O)(=O)O. The summed E-state index contributed by atoms with van der Waals surface area (Å²) >= 11 is 0. The fourth-order valence-corrected chi connectivity index (χ4v) is 3.16. The lowest BCUT2D eigenvalue weighted by atomic mass is 10.0. The molecule has 5 nitrogen and oxygen atoms in total. The molecule has 0 aliphatic heterocycles. The van der Waals surface area contributed by atoms with Crippen LogP contribution in [0.5, 0.6) is 0 Å². The van der Waals surface area contributed by atoms with Gasteiger partial charge in [0.25, 0.3) is 0 Å². The summed E-state index contributed by atoms with van der Waals surface area (Å²) in [5.74, 6) is 0. The lowest BCUT2D eigenvalue weighted by Crippen LogP contribution is -2.05. The highest BCUT2D eigenvalue weighted by Gasteiger charge is 2.04. The largest absolute Gasteiger partial charge is 0.397 e. The fraction of sp³-hybridized carbons (Fsp3) is 1.00. The maximum absolute atomic E-state index is 10.3. The number of aliphatic hydroxyl groups is 1. The van der Waals surface area contributed by atoms with Crippen molar-refractivity contribution >= 4 is 10.4 Å². The summed E-state index contributed by atoms with van der Waals surface area (Å²) in [6.45, 7) is 2.27. The van der Waals surface area contributed by atoms with Crippen LogP contribution in [0.2, 0.25) is 0 Å². The predicted octanol–water partition coefficient (Wildman–Crippen LogP) is 5.04. The summed E-state index contributed by atoms with van der Waals surface area (Å²) < 4.78 is 33.3. The van der Waals surface area contributed by atoms with Gasteiger partial charge in [-0.25, -0.2) is 4.18 Å². The van der Waals surface area contributed by atoms with Crippen molar-refractivity contribution < 1.29 is 22.3 Å². The van der Waals surface area contributed by atoms with E-state index in [2.05, 4.69) is 11.1 Å². The zero-order valence-corrected chi connectivity index (χ0v) is 16.2. The van der Waals surface area contributed by atoms with E-state index < -0.39 is 10.4 Å². The summed E-state index contributed by atoms with van der Waals surface area (Å²) in [5, 5.41) is 9.88. The van der Waals surface area contributed by atoms with Gasteiger partial charge in [0, 0.05) is 0 Å². The first-order valence-corrected chi connectivity index (χ1v) is 11.1. The Labute approximate surface area is 149 Å². The lowest BCUT2D eigenvalue weighted by molar-refractivity contribution is 0.147. The van der Waals surface area contributed by atoms with Crippen LogP contribution in [-0.2, 0) is 14.6 Å². The van der Waals surface area contributed by atoms with E-state index in [9.17, 15) is 13.5 Å². The molecule has 0 saturated carbocycles. The second kappa shape index (κ2) is 16.3. The molecule has 0 amide bonds. The average molecular weight is 367 g/mol. The van der Waals surface area contributed by atoms with Crippen LogP contribution in [0.25, 0.3) is 0 Å². The van der Waals surface area contributed by atoms with Crippen LogP contribution in [0.1, 0.15) is 103 Å². The molecule has 0 saturated heterocycles. The van der Waals surface area contributed by atoms with E-state index >= 15 is 0 Å². The van der Waals surface area contributed by atoms with Crippen molar-refractivity contribution in [1.29, 1.82) is 0 Å². The smallest absolute Gasteiger partial charge is 0.393 e. The zero-order chi connectivity index (χ0) is 18.1. The zero-order valence-electron chi connectivity index (χ0n) is 15.4. The molecule has 1 atom stereocenters. The Hall–Kier alpha value is -0.170. The molecule has 0 aromatic carbocycles. The monoisotopic (exact) mass is 366 g/mol. The number of aliphatic hydroxyl groups excluding tert-OH is 1. The van der Waals surface area contributed by atoms with E-state index in [1.807, 2.05) is 0 Å². The van der Waals surface area contributed by atoms with Crippen LogP contribution in [-0.4, -0.2) is 30.8 Å². The molecule has 0 spiro atoms. The van der Waals surface area contributed by atoms with Crippen molar-refractivity contribution in [2.45, 2.75) is 109 Å². The van der Waals surface area contributed by atoms with Crippen LogP contribution in [0, 0.1) is 0 Å². The van der Waals surface area contributed by atoms with Crippen LogP contribution < -0.4 is 0 Å². The van der Waals surface area contributed by atoms with Crippen molar-refractivity contribution in [2.75, 3.05) is 6.61 Å². The molecule has 0 heterocycles. The minimum absolute atomic E-state index is 0.0691. The minimum Gasteiger partial charge on any atom is -0.393 e. The fourth-order valence-electron chi connectivity index (χ4n) is 2.83. The number of rotatable bonds is 18. The molecule has 0 aliphatic rings. The van der Waals surface area contributed by atoms with Crippen molar-refractivity contribution in [1.82, 2.24) is 0 Å². The standard InChI is InChI=1S/C18H38O5S/c1-2-3-4-12-15-18(19)16-13-10-8-6-5-7-9-11-14-17-23-24(20,21)22/h18-19H,2-17H2,1H3,(H,20,21,22). The van der Waals surface area contributed by atoms with Gasteiger partial charge in [0.1, 0.15) is 0 Å². The molecule has 0 bridgehead atoms. The van der Waals surface area contributed by atoms with Crippen LogP contribution >= 0.6 is 0 Å². The third kappa shape index (κ3) is 19.9. The van der Waals surface area contributed by atoms with E-state index in [1.54, 1.807) is 0 Å². The second-order valence-corrected chi connectivity index (χ2v) is 7.81. The summed E-state index contributed by atoms with van der Waals surface area (Å²) in [5.41, 5.74) is 0. The van der Waals surface area contributed by atoms with E-state index in [-0.39, 0.29) is 12.7 Å². The average Bonchev–Trinajstić information content (AvgIpc) is 2.51. The van der Waals surface area contributed by atoms with Gasteiger partial charge < -0.3 is 5.11 Å². The van der Waals surface area contributed by atoms with Gasteiger partial charge in [-0.2, -0.15) is 8.42 Å². The summed E-state index contributed by atoms with van der Waals surface area (Å²) in [6, 6.07) is 0. The van der Waals surface area contributed by atoms with Crippen LogP contribution in [0.4, 0.5) is 0 Å². The molecule has 2 N–H and O–H groups in total. The normalized spacial score (nSPS) is 13.3. The van der Waals surface area contributed by atoms with Gasteiger partial charge in [0.05, 0.1) is 12.7 Å². The van der Waals surface area contributed by atoms with E-state index in [4.69, 9.17) is 4.55 Å². The molecular weight excluding hydrogens is 328 g/mol. The quantitative estimate of drug-likeness (QED) is 0.262. The third-order valence-electron chi connectivity index (χ3n) is 4.30. The second-order valence-electron chi connectivity index (χ2n) is 6.72. The molecule has 0 aromatic rings. The van der Waals surface area contributed by atoms with Crippen LogP contribution in [0.3, 0.4) is 0 Å². The third-order valence-corrected chi connectivity index (χ3v) is 4.77. The molecular formula is C18H38O5S. The van der Waals surface area contributed by atoms with Crippen molar-refractivity contribution in [3.63, 3.8) is 0 Å². The van der Waals surface area contributed by atoms with E-state index in [0.717, 1.165) is 44.9 Å². The molecule has 0 aliphatic carbocycles. The molecule has 0 rings (SSSR count). The Morgan fingerprint density at radius 1 is 0.750 bits per heavy atom. The van der Waals surface area contributed by atoms with Crippen LogP contribution in [0.15, 0.2) is 0 Å². The van der Waals surface area contributed by atoms with E-state index in [1.165, 1.54) is 44.9 Å². The number of hydrogen-bond donors (Lipinski definition) is 2. The van der Waals surface area contributed by atoms with Gasteiger partial charge in [0.15, 0.2) is 0 Å². The lowest BCUT2D eigenvalue weighted by Gasteiger charge is -2.10. The Balaban J connectivity index is 3.17. The molecule has 24 heavy (non-hydrogen) atoms. The van der Waals surface area contributed by atoms with Gasteiger partial charge in [-0.3, -0.25) is 4.55 Å². The number of hydrogen-bond acceptors (Lipinski definition) is 4. The van der Waals surface area contributed by atoms with E-state index in [0.29, 0.717) is 6.42 Å². The Morgan fingerprint density at radius 2 is 1.17 bits per heavy atom. The maximum Gasteiger partial charge on any atom is 0.397 e. The molecule has 0 aromatic heterocycles.